The van der Waals surface area contributed by atoms with Crippen molar-refractivity contribution in [2.75, 3.05) is 5.43 Å². The quantitative estimate of drug-likeness (QED) is 0.668. The topological polar surface area (TPSA) is 79.0 Å². The number of benzene rings is 2. The van der Waals surface area contributed by atoms with Crippen LogP contribution in [0.5, 0.6) is 5.88 Å². The molecule has 0 saturated heterocycles. The highest BCUT2D eigenvalue weighted by atomic mass is 32.1. The average molecular weight is 394 g/mol. The summed E-state index contributed by atoms with van der Waals surface area (Å²) in [6, 6.07) is 16.9. The van der Waals surface area contributed by atoms with Crippen molar-refractivity contribution in [1.29, 1.82) is 0 Å². The molecule has 134 valence electrons. The van der Waals surface area contributed by atoms with Gasteiger partial charge in [-0.3, -0.25) is 10.2 Å². The molecule has 0 bridgehead atoms. The lowest BCUT2D eigenvalue weighted by Crippen LogP contribution is -2.24. The van der Waals surface area contributed by atoms with Gasteiger partial charge in [-0.05, 0) is 29.9 Å². The molecule has 1 aromatic heterocycles. The van der Waals surface area contributed by atoms with Gasteiger partial charge in [0.15, 0.2) is 9.78 Å². The number of nitrogens with one attached hydrogen (secondary N) is 1. The molecule has 0 radical (unpaired) electrons. The van der Waals surface area contributed by atoms with Crippen molar-refractivity contribution in [3.05, 3.63) is 85.5 Å². The van der Waals surface area contributed by atoms with Crippen molar-refractivity contribution in [3.63, 3.8) is 0 Å². The van der Waals surface area contributed by atoms with Gasteiger partial charge >= 0.3 is 0 Å². The van der Waals surface area contributed by atoms with E-state index in [4.69, 9.17) is 12.2 Å². The lowest BCUT2D eigenvalue weighted by atomic mass is 10.1. The number of thiazole rings is 1. The minimum Gasteiger partial charge on any atom is -0.492 e. The van der Waals surface area contributed by atoms with Crippen molar-refractivity contribution in [3.8, 4) is 5.88 Å². The van der Waals surface area contributed by atoms with Crippen molar-refractivity contribution in [2.45, 2.75) is 6.42 Å². The summed E-state index contributed by atoms with van der Waals surface area (Å²) in [5.74, 6) is 0.0676. The monoisotopic (exact) mass is 394 g/mol. The number of fused-ring (bicyclic) bond motifs is 1. The molecule has 3 aromatic rings. The maximum absolute atomic E-state index is 12.3. The number of para-hydroxylation sites is 2. The Bertz CT molecular complexity index is 1190. The molecule has 1 aliphatic heterocycles. The average Bonchev–Trinajstić information content (AvgIpc) is 3.18. The van der Waals surface area contributed by atoms with E-state index in [1.54, 1.807) is 6.08 Å². The molecule has 0 spiro atoms. The number of hydrogen-bond donors (Lipinski definition) is 2. The normalized spacial score (nSPS) is 12.1. The highest BCUT2D eigenvalue weighted by molar-refractivity contribution is 7.73. The molecule has 0 atom stereocenters. The zero-order chi connectivity index (χ0) is 18.8. The minimum absolute atomic E-state index is 0.139. The third-order valence-corrected chi connectivity index (χ3v) is 5.18. The van der Waals surface area contributed by atoms with E-state index in [2.05, 4.69) is 15.4 Å². The summed E-state index contributed by atoms with van der Waals surface area (Å²) in [5, 5.41) is 12.0. The Morgan fingerprint density at radius 1 is 1.11 bits per heavy atom. The predicted molar refractivity (Wildman–Crippen MR) is 106 cm³/mol. The molecular weight excluding hydrogens is 380 g/mol. The fourth-order valence-electron chi connectivity index (χ4n) is 2.63. The third-order valence-electron chi connectivity index (χ3n) is 3.87. The summed E-state index contributed by atoms with van der Waals surface area (Å²) in [6.07, 6.45) is 1.84. The third kappa shape index (κ3) is 3.71. The number of aromatic hydroxyl groups is 1. The molecule has 0 aliphatic carbocycles. The zero-order valence-corrected chi connectivity index (χ0v) is 15.6. The Balaban J connectivity index is 1.58. The largest absolute Gasteiger partial charge is 0.492 e. The second kappa shape index (κ2) is 7.26. The first kappa shape index (κ1) is 17.3. The highest BCUT2D eigenvalue weighted by Crippen LogP contribution is 2.28. The van der Waals surface area contributed by atoms with Crippen LogP contribution in [0, 0.1) is 3.95 Å². The van der Waals surface area contributed by atoms with Crippen LogP contribution in [0.2, 0.25) is 0 Å². The summed E-state index contributed by atoms with van der Waals surface area (Å²) < 4.78 is 1.54. The van der Waals surface area contributed by atoms with Gasteiger partial charge < -0.3 is 5.11 Å². The van der Waals surface area contributed by atoms with E-state index in [1.807, 2.05) is 54.6 Å². The Morgan fingerprint density at radius 2 is 1.74 bits per heavy atom. The van der Waals surface area contributed by atoms with E-state index in [1.165, 1.54) is 16.0 Å². The van der Waals surface area contributed by atoms with Crippen LogP contribution in [0.4, 0.5) is 0 Å². The van der Waals surface area contributed by atoms with Gasteiger partial charge in [-0.15, -0.1) is 0 Å². The summed E-state index contributed by atoms with van der Waals surface area (Å²) in [4.78, 5) is 21.5. The molecule has 1 aliphatic rings. The molecule has 6 nitrogen and oxygen atoms in total. The standard InChI is InChI=1S/C19H14N4O2S2/c24-17(10-12-6-2-1-3-7-12)22-23-18(25)15(27-19(23)26)11-16-20-13-8-4-5-9-14(13)21-16/h1-9,11,25H,10H2,(H,22,24). The number of carbonyl (C=O) groups excluding carboxylic acids is 1. The fourth-order valence-corrected chi connectivity index (χ4v) is 3.79. The van der Waals surface area contributed by atoms with Crippen molar-refractivity contribution in [2.24, 2.45) is 9.98 Å². The van der Waals surface area contributed by atoms with Gasteiger partial charge in [0, 0.05) is 6.08 Å². The Kier molecular flexibility index (Phi) is 4.66. The second-order valence-corrected chi connectivity index (χ2v) is 7.48. The van der Waals surface area contributed by atoms with E-state index in [9.17, 15) is 9.90 Å². The van der Waals surface area contributed by atoms with Crippen molar-refractivity contribution < 1.29 is 9.90 Å². The van der Waals surface area contributed by atoms with Crippen molar-refractivity contribution >= 4 is 35.5 Å². The summed E-state index contributed by atoms with van der Waals surface area (Å²) >= 11 is 6.44. The molecule has 0 unspecified atom stereocenters. The van der Waals surface area contributed by atoms with Crippen molar-refractivity contribution in [1.82, 2.24) is 4.68 Å². The van der Waals surface area contributed by atoms with E-state index >= 15 is 0 Å². The first-order valence-corrected chi connectivity index (χ1v) is 9.35. The minimum atomic E-state index is -0.271. The Labute approximate surface area is 163 Å². The molecule has 2 N–H and O–H groups in total. The van der Waals surface area contributed by atoms with Crippen LogP contribution in [-0.2, 0) is 11.2 Å². The maximum Gasteiger partial charge on any atom is 0.243 e. The van der Waals surface area contributed by atoms with Crippen LogP contribution in [0.25, 0.3) is 6.08 Å². The number of aromatic nitrogens is 1. The van der Waals surface area contributed by atoms with E-state index in [0.29, 0.717) is 14.7 Å². The molecule has 8 heteroatoms. The van der Waals surface area contributed by atoms with Crippen LogP contribution in [0.3, 0.4) is 0 Å². The SMILES string of the molecule is O=C(Cc1ccccc1)Nn1c(O)c(C=C2N=c3ccccc3=N2)sc1=S. The van der Waals surface area contributed by atoms with E-state index in [0.717, 1.165) is 16.3 Å². The molecule has 2 aromatic carbocycles. The lowest BCUT2D eigenvalue weighted by Gasteiger charge is -2.07. The van der Waals surface area contributed by atoms with Gasteiger partial charge in [0.05, 0.1) is 22.0 Å². The molecule has 27 heavy (non-hydrogen) atoms. The highest BCUT2D eigenvalue weighted by Gasteiger charge is 2.14. The molecule has 4 rings (SSSR count). The second-order valence-electron chi connectivity index (χ2n) is 5.80. The summed E-state index contributed by atoms with van der Waals surface area (Å²) in [7, 11) is 0. The van der Waals surface area contributed by atoms with Crippen LogP contribution >= 0.6 is 23.6 Å². The van der Waals surface area contributed by atoms with Gasteiger partial charge in [-0.1, -0.05) is 53.8 Å². The first-order valence-electron chi connectivity index (χ1n) is 8.13. The first-order chi connectivity index (χ1) is 13.1. The zero-order valence-electron chi connectivity index (χ0n) is 14.0. The molecule has 1 amide bonds. The van der Waals surface area contributed by atoms with Crippen LogP contribution in [0.15, 0.2) is 70.4 Å². The predicted octanol–water partition coefficient (Wildman–Crippen LogP) is 2.55. The number of rotatable bonds is 4. The van der Waals surface area contributed by atoms with Crippen LogP contribution in [-0.4, -0.2) is 15.7 Å². The number of nitrogens with zero attached hydrogens (tertiary/aromatic N) is 3. The molecule has 0 fully saturated rings. The smallest absolute Gasteiger partial charge is 0.243 e. The number of carbonyl (C=O) groups is 1. The lowest BCUT2D eigenvalue weighted by molar-refractivity contribution is -0.116. The van der Waals surface area contributed by atoms with Gasteiger partial charge in [0.1, 0.15) is 0 Å². The molecule has 2 heterocycles. The maximum atomic E-state index is 12.3. The summed E-state index contributed by atoms with van der Waals surface area (Å²) in [5.41, 5.74) is 3.51. The molecular formula is C19H14N4O2S2. The van der Waals surface area contributed by atoms with E-state index < -0.39 is 0 Å². The molecule has 0 saturated carbocycles. The van der Waals surface area contributed by atoms with Gasteiger partial charge in [-0.25, -0.2) is 9.98 Å². The van der Waals surface area contributed by atoms with E-state index in [-0.39, 0.29) is 18.2 Å². The van der Waals surface area contributed by atoms with Crippen LogP contribution < -0.4 is 16.1 Å². The Morgan fingerprint density at radius 3 is 2.41 bits per heavy atom. The Hall–Kier alpha value is -3.10. The number of amides is 1. The summed E-state index contributed by atoms with van der Waals surface area (Å²) in [6.45, 7) is 0. The van der Waals surface area contributed by atoms with Gasteiger partial charge in [-0.2, -0.15) is 4.68 Å². The number of hydrogen-bond acceptors (Lipinski definition) is 6. The fraction of sp³-hybridized carbons (Fsp3) is 0.0526. The van der Waals surface area contributed by atoms with Gasteiger partial charge in [0.25, 0.3) is 0 Å². The van der Waals surface area contributed by atoms with Crippen LogP contribution in [0.1, 0.15) is 10.4 Å². The van der Waals surface area contributed by atoms with Gasteiger partial charge in [0.2, 0.25) is 11.8 Å².